The number of nitrogens with zero attached hydrogens (tertiary/aromatic N) is 4. The van der Waals surface area contributed by atoms with Crippen molar-refractivity contribution < 1.29 is 23.1 Å². The Labute approximate surface area is 260 Å². The number of aliphatic carboxylic acids is 1. The number of hydrogen-bond donors (Lipinski definition) is 2. The van der Waals surface area contributed by atoms with Gasteiger partial charge in [-0.25, -0.2) is 9.78 Å². The molecule has 1 fully saturated rings. The molecule has 0 spiro atoms. The quantitative estimate of drug-likeness (QED) is 0.199. The van der Waals surface area contributed by atoms with Crippen molar-refractivity contribution in [1.82, 2.24) is 9.55 Å². The molecule has 4 aromatic carbocycles. The number of halogens is 3. The van der Waals surface area contributed by atoms with Crippen LogP contribution < -0.4 is 15.5 Å². The average molecular weight is 616 g/mol. The molecule has 0 radical (unpaired) electrons. The van der Waals surface area contributed by atoms with E-state index in [1.165, 1.54) is 22.4 Å². The van der Waals surface area contributed by atoms with Crippen LogP contribution in [0.25, 0.3) is 11.0 Å². The summed E-state index contributed by atoms with van der Waals surface area (Å²) in [6.45, 7) is 4.29. The number of carboxylic acids is 1. The van der Waals surface area contributed by atoms with Gasteiger partial charge in [0.2, 0.25) is 5.95 Å². The molecule has 2 heterocycles. The molecule has 0 amide bonds. The molecule has 1 atom stereocenters. The van der Waals surface area contributed by atoms with Gasteiger partial charge in [0, 0.05) is 37.9 Å². The highest BCUT2D eigenvalue weighted by atomic mass is 19.4. The lowest BCUT2D eigenvalue weighted by Crippen LogP contribution is -2.44. The van der Waals surface area contributed by atoms with Crippen LogP contribution in [-0.4, -0.2) is 45.9 Å². The molecule has 1 aliphatic rings. The Kier molecular flexibility index (Phi) is 10.0. The summed E-state index contributed by atoms with van der Waals surface area (Å²) < 4.78 is 34.1. The lowest BCUT2D eigenvalue weighted by Gasteiger charge is -2.32. The van der Waals surface area contributed by atoms with Gasteiger partial charge in [0.25, 0.3) is 0 Å². The number of alkyl halides is 3. The maximum absolute atomic E-state index is 10.6. The number of nitrogens with two attached hydrogens (primary N) is 1. The van der Waals surface area contributed by atoms with Crippen molar-refractivity contribution in [2.24, 2.45) is 5.73 Å². The van der Waals surface area contributed by atoms with Crippen LogP contribution in [0.5, 0.6) is 0 Å². The number of benzene rings is 4. The minimum atomic E-state index is -5.08. The number of hydrogen-bond acceptors (Lipinski definition) is 5. The first-order valence-electron chi connectivity index (χ1n) is 14.8. The summed E-state index contributed by atoms with van der Waals surface area (Å²) in [6.07, 6.45) is -2.91. The van der Waals surface area contributed by atoms with Gasteiger partial charge in [0.15, 0.2) is 0 Å². The molecule has 234 valence electrons. The molecular weight excluding hydrogens is 579 g/mol. The van der Waals surface area contributed by atoms with E-state index in [9.17, 15) is 13.2 Å². The van der Waals surface area contributed by atoms with E-state index < -0.39 is 12.1 Å². The highest BCUT2D eigenvalue weighted by Crippen LogP contribution is 2.31. The Hall–Kier alpha value is -4.83. The van der Waals surface area contributed by atoms with E-state index in [1.807, 2.05) is 0 Å². The Bertz CT molecular complexity index is 1640. The molecule has 5 aromatic rings. The third-order valence-corrected chi connectivity index (χ3v) is 7.68. The van der Waals surface area contributed by atoms with E-state index in [4.69, 9.17) is 20.6 Å². The zero-order valence-corrected chi connectivity index (χ0v) is 24.8. The van der Waals surface area contributed by atoms with E-state index in [1.54, 1.807) is 0 Å². The van der Waals surface area contributed by atoms with Crippen LogP contribution >= 0.6 is 0 Å². The van der Waals surface area contributed by atoms with Crippen LogP contribution in [0.3, 0.4) is 0 Å². The van der Waals surface area contributed by atoms with E-state index in [2.05, 4.69) is 124 Å². The van der Waals surface area contributed by atoms with Crippen LogP contribution in [-0.2, 0) is 24.4 Å². The third kappa shape index (κ3) is 8.42. The van der Waals surface area contributed by atoms with Crippen LogP contribution in [0.2, 0.25) is 0 Å². The summed E-state index contributed by atoms with van der Waals surface area (Å²) in [5.74, 6) is -1.73. The third-order valence-electron chi connectivity index (χ3n) is 7.68. The number of anilines is 2. The molecule has 7 nitrogen and oxygen atoms in total. The number of carbonyl (C=O) groups is 1. The van der Waals surface area contributed by atoms with Crippen molar-refractivity contribution in [2.45, 2.75) is 44.7 Å². The summed E-state index contributed by atoms with van der Waals surface area (Å²) in [7, 11) is 0. The van der Waals surface area contributed by atoms with Crippen molar-refractivity contribution in [3.05, 3.63) is 126 Å². The molecule has 45 heavy (non-hydrogen) atoms. The Balaban J connectivity index is 0.000000515. The van der Waals surface area contributed by atoms with Crippen LogP contribution in [0, 0.1) is 0 Å². The topological polar surface area (TPSA) is 87.6 Å². The second-order valence-corrected chi connectivity index (χ2v) is 11.1. The highest BCUT2D eigenvalue weighted by Gasteiger charge is 2.38. The minimum Gasteiger partial charge on any atom is -0.475 e. The molecule has 6 rings (SSSR count). The van der Waals surface area contributed by atoms with Crippen molar-refractivity contribution in [3.8, 4) is 0 Å². The van der Waals surface area contributed by atoms with E-state index >= 15 is 0 Å². The lowest BCUT2D eigenvalue weighted by molar-refractivity contribution is -0.192. The van der Waals surface area contributed by atoms with Gasteiger partial charge >= 0.3 is 12.1 Å². The zero-order chi connectivity index (χ0) is 31.8. The van der Waals surface area contributed by atoms with Crippen LogP contribution in [0.1, 0.15) is 29.5 Å². The molecular formula is C35H36F3N5O2. The van der Waals surface area contributed by atoms with Crippen molar-refractivity contribution >= 4 is 28.6 Å². The molecule has 3 N–H and O–H groups in total. The monoisotopic (exact) mass is 615 g/mol. The van der Waals surface area contributed by atoms with Crippen molar-refractivity contribution in [3.63, 3.8) is 0 Å². The molecule has 1 aliphatic heterocycles. The van der Waals surface area contributed by atoms with Crippen LogP contribution in [0.4, 0.5) is 24.8 Å². The number of imidazole rings is 1. The molecule has 10 heteroatoms. The number of rotatable bonds is 8. The van der Waals surface area contributed by atoms with Gasteiger partial charge in [0.1, 0.15) is 0 Å². The highest BCUT2D eigenvalue weighted by molar-refractivity contribution is 5.83. The van der Waals surface area contributed by atoms with Gasteiger partial charge in [-0.1, -0.05) is 91.0 Å². The second kappa shape index (κ2) is 14.3. The standard InChI is InChI=1S/C33H35N5.C2HF3O2/c34-29-17-10-20-36(25-29)33-35-31-19-18-30(21-32(31)38(33)24-28-15-8-3-9-16-28)37(22-26-11-4-1-5-12-26)23-27-13-6-2-7-14-27;3-2(4,5)1(6)7/h1-9,11-16,18-19,21,29H,10,17,20,22-25,34H2;(H,6,7)/t29-;/m1./s1. The van der Waals surface area contributed by atoms with E-state index in [0.29, 0.717) is 0 Å². The molecule has 0 bridgehead atoms. The predicted molar refractivity (Wildman–Crippen MR) is 171 cm³/mol. The van der Waals surface area contributed by atoms with Gasteiger partial charge in [-0.2, -0.15) is 13.2 Å². The van der Waals surface area contributed by atoms with Gasteiger partial charge in [-0.05, 0) is 47.7 Å². The number of fused-ring (bicyclic) bond motifs is 1. The average Bonchev–Trinajstić information content (AvgIpc) is 3.39. The Morgan fingerprint density at radius 2 is 1.40 bits per heavy atom. The molecule has 1 aromatic heterocycles. The fourth-order valence-electron chi connectivity index (χ4n) is 5.50. The SMILES string of the molecule is N[C@@H]1CCCN(c2nc3ccc(N(Cc4ccccc4)Cc4ccccc4)cc3n2Cc2ccccc2)C1.O=C(O)C(F)(F)F. The van der Waals surface area contributed by atoms with Crippen molar-refractivity contribution in [2.75, 3.05) is 22.9 Å². The smallest absolute Gasteiger partial charge is 0.475 e. The van der Waals surface area contributed by atoms with Crippen LogP contribution in [0.15, 0.2) is 109 Å². The summed E-state index contributed by atoms with van der Waals surface area (Å²) >= 11 is 0. The largest absolute Gasteiger partial charge is 0.490 e. The fraction of sp³-hybridized carbons (Fsp3) is 0.257. The summed E-state index contributed by atoms with van der Waals surface area (Å²) in [6, 6.07) is 39.0. The fourth-order valence-corrected chi connectivity index (χ4v) is 5.50. The summed E-state index contributed by atoms with van der Waals surface area (Å²) in [4.78, 5) is 18.9. The first-order chi connectivity index (χ1) is 21.7. The van der Waals surface area contributed by atoms with Crippen molar-refractivity contribution in [1.29, 1.82) is 0 Å². The summed E-state index contributed by atoms with van der Waals surface area (Å²) in [5.41, 5.74) is 13.6. The molecule has 0 saturated carbocycles. The van der Waals surface area contributed by atoms with E-state index in [0.717, 1.165) is 62.5 Å². The normalized spacial score (nSPS) is 14.9. The van der Waals surface area contributed by atoms with Gasteiger partial charge in [-0.15, -0.1) is 0 Å². The maximum atomic E-state index is 10.6. The predicted octanol–water partition coefficient (Wildman–Crippen LogP) is 6.85. The molecule has 1 saturated heterocycles. The molecule has 0 aliphatic carbocycles. The lowest BCUT2D eigenvalue weighted by atomic mass is 10.1. The number of aromatic nitrogens is 2. The first-order valence-corrected chi connectivity index (χ1v) is 14.8. The van der Waals surface area contributed by atoms with Gasteiger partial charge in [0.05, 0.1) is 17.6 Å². The first kappa shape index (κ1) is 31.6. The second-order valence-electron chi connectivity index (χ2n) is 11.1. The zero-order valence-electron chi connectivity index (χ0n) is 24.8. The van der Waals surface area contributed by atoms with Gasteiger partial charge in [-0.3, -0.25) is 0 Å². The Morgan fingerprint density at radius 1 is 0.867 bits per heavy atom. The number of carboxylic acid groups (broad SMARTS) is 1. The Morgan fingerprint density at radius 3 is 1.91 bits per heavy atom. The number of piperidine rings is 1. The minimum absolute atomic E-state index is 0.191. The maximum Gasteiger partial charge on any atom is 0.490 e. The molecule has 0 unspecified atom stereocenters. The van der Waals surface area contributed by atoms with E-state index in [-0.39, 0.29) is 6.04 Å². The summed E-state index contributed by atoms with van der Waals surface area (Å²) in [5, 5.41) is 7.12. The van der Waals surface area contributed by atoms with Gasteiger partial charge < -0.3 is 25.2 Å².